The van der Waals surface area contributed by atoms with Crippen molar-refractivity contribution < 1.29 is 32.6 Å². The van der Waals surface area contributed by atoms with Crippen LogP contribution in [0.1, 0.15) is 11.3 Å². The number of ether oxygens (including phenoxy) is 4. The Bertz CT molecular complexity index is 977. The van der Waals surface area contributed by atoms with Crippen LogP contribution in [0.5, 0.6) is 23.0 Å². The molecular formula is C21H22NO7P. The Morgan fingerprint density at radius 1 is 0.900 bits per heavy atom. The van der Waals surface area contributed by atoms with Gasteiger partial charge >= 0.3 is 7.60 Å². The molecule has 0 aromatic heterocycles. The smallest absolute Gasteiger partial charge is 0.357 e. The molecule has 9 heteroatoms. The van der Waals surface area contributed by atoms with E-state index >= 15 is 0 Å². The molecule has 0 saturated heterocycles. The molecule has 2 aromatic rings. The second-order valence-electron chi connectivity index (χ2n) is 6.44. The van der Waals surface area contributed by atoms with Gasteiger partial charge in [-0.2, -0.15) is 0 Å². The van der Waals surface area contributed by atoms with E-state index in [0.29, 0.717) is 34.2 Å². The molecule has 0 radical (unpaired) electrons. The van der Waals surface area contributed by atoms with Gasteiger partial charge in [0.1, 0.15) is 0 Å². The van der Waals surface area contributed by atoms with Crippen LogP contribution < -0.4 is 24.3 Å². The number of anilines is 1. The molecule has 0 fully saturated rings. The molecule has 0 spiro atoms. The maximum atomic E-state index is 13.8. The van der Waals surface area contributed by atoms with Crippen LogP contribution in [0.25, 0.3) is 0 Å². The maximum Gasteiger partial charge on any atom is 0.357 e. The van der Waals surface area contributed by atoms with Crippen LogP contribution in [-0.4, -0.2) is 26.8 Å². The second kappa shape index (κ2) is 8.83. The zero-order valence-electron chi connectivity index (χ0n) is 16.2. The van der Waals surface area contributed by atoms with E-state index in [9.17, 15) is 4.57 Å². The lowest BCUT2D eigenvalue weighted by Gasteiger charge is -2.28. The number of nitrogens with one attached hydrogen (secondary N) is 1. The summed E-state index contributed by atoms with van der Waals surface area (Å²) in [5.74, 6) is 1.58. The van der Waals surface area contributed by atoms with E-state index in [1.54, 1.807) is 36.4 Å². The van der Waals surface area contributed by atoms with Gasteiger partial charge in [-0.15, -0.1) is 13.2 Å². The van der Waals surface area contributed by atoms with E-state index in [2.05, 4.69) is 18.5 Å². The monoisotopic (exact) mass is 431 g/mol. The Balaban J connectivity index is 1.72. The fourth-order valence-electron chi connectivity index (χ4n) is 3.07. The fraction of sp³-hybridized carbons (Fsp3) is 0.238. The van der Waals surface area contributed by atoms with Crippen LogP contribution in [0.4, 0.5) is 5.69 Å². The normalized spacial score (nSPS) is 14.9. The minimum Gasteiger partial charge on any atom is -0.454 e. The predicted octanol–water partition coefficient (Wildman–Crippen LogP) is 4.85. The van der Waals surface area contributed by atoms with Gasteiger partial charge in [-0.1, -0.05) is 18.2 Å². The molecule has 2 aromatic carbocycles. The van der Waals surface area contributed by atoms with Crippen molar-refractivity contribution in [1.82, 2.24) is 0 Å². The molecular weight excluding hydrogens is 409 g/mol. The van der Waals surface area contributed by atoms with Crippen molar-refractivity contribution >= 4 is 13.3 Å². The first-order chi connectivity index (χ1) is 14.6. The summed E-state index contributed by atoms with van der Waals surface area (Å²) in [6.45, 7) is 7.68. The first-order valence-electron chi connectivity index (χ1n) is 9.29. The number of rotatable bonds is 10. The van der Waals surface area contributed by atoms with E-state index < -0.39 is 13.4 Å². The standard InChI is InChI=1S/C21H22NO7P/c1-3-9-28-30(23,29-10-4-2)21(15-5-7-17-19(11-15)26-13-24-17)22-16-6-8-18-20(12-16)27-14-25-18/h3-8,11-12,21-22H,1-2,9-10,13-14H2. The minimum absolute atomic E-state index is 0.0539. The number of hydrogen-bond donors (Lipinski definition) is 1. The van der Waals surface area contributed by atoms with Crippen molar-refractivity contribution in [3.63, 3.8) is 0 Å². The molecule has 1 N–H and O–H groups in total. The summed E-state index contributed by atoms with van der Waals surface area (Å²) >= 11 is 0. The van der Waals surface area contributed by atoms with Crippen LogP contribution >= 0.6 is 7.60 Å². The largest absolute Gasteiger partial charge is 0.454 e. The van der Waals surface area contributed by atoms with Crippen molar-refractivity contribution in [2.75, 3.05) is 32.1 Å². The average molecular weight is 431 g/mol. The fourth-order valence-corrected chi connectivity index (χ4v) is 4.90. The third-order valence-corrected chi connectivity index (χ3v) is 6.53. The van der Waals surface area contributed by atoms with Gasteiger partial charge < -0.3 is 33.3 Å². The summed E-state index contributed by atoms with van der Waals surface area (Å²) in [6, 6.07) is 10.7. The molecule has 0 bridgehead atoms. The SMILES string of the molecule is C=CCOP(=O)(OCC=C)C(Nc1ccc2c(c1)OCO2)c1ccc2c(c1)OCO2. The van der Waals surface area contributed by atoms with E-state index in [-0.39, 0.29) is 26.8 Å². The van der Waals surface area contributed by atoms with E-state index in [0.717, 1.165) is 0 Å². The summed E-state index contributed by atoms with van der Waals surface area (Å²) in [6.07, 6.45) is 3.03. The van der Waals surface area contributed by atoms with Gasteiger partial charge in [0.2, 0.25) is 13.6 Å². The lowest BCUT2D eigenvalue weighted by Crippen LogP contribution is -2.15. The Morgan fingerprint density at radius 3 is 2.10 bits per heavy atom. The molecule has 30 heavy (non-hydrogen) atoms. The Morgan fingerprint density at radius 2 is 1.47 bits per heavy atom. The number of benzene rings is 2. The molecule has 0 saturated carbocycles. The van der Waals surface area contributed by atoms with Crippen molar-refractivity contribution in [2.45, 2.75) is 5.78 Å². The topological polar surface area (TPSA) is 84.5 Å². The van der Waals surface area contributed by atoms with Crippen LogP contribution in [0.3, 0.4) is 0 Å². The number of fused-ring (bicyclic) bond motifs is 2. The molecule has 0 amide bonds. The highest BCUT2D eigenvalue weighted by molar-refractivity contribution is 7.54. The molecule has 2 aliphatic rings. The highest BCUT2D eigenvalue weighted by Gasteiger charge is 2.38. The lowest BCUT2D eigenvalue weighted by atomic mass is 10.2. The highest BCUT2D eigenvalue weighted by Crippen LogP contribution is 2.61. The minimum atomic E-state index is -3.72. The van der Waals surface area contributed by atoms with Crippen LogP contribution in [0, 0.1) is 0 Å². The number of hydrogen-bond acceptors (Lipinski definition) is 8. The first-order valence-corrected chi connectivity index (χ1v) is 10.9. The van der Waals surface area contributed by atoms with Gasteiger partial charge in [-0.3, -0.25) is 4.57 Å². The third kappa shape index (κ3) is 4.16. The van der Waals surface area contributed by atoms with Gasteiger partial charge in [-0.05, 0) is 29.8 Å². The Kier molecular flexibility index (Phi) is 5.99. The first kappa shape index (κ1) is 20.3. The molecule has 8 nitrogen and oxygen atoms in total. The molecule has 1 atom stereocenters. The summed E-state index contributed by atoms with van der Waals surface area (Å²) in [4.78, 5) is 0. The van der Waals surface area contributed by atoms with Gasteiger partial charge in [0.15, 0.2) is 28.8 Å². The molecule has 0 aliphatic carbocycles. The van der Waals surface area contributed by atoms with Gasteiger partial charge in [-0.25, -0.2) is 0 Å². The second-order valence-corrected chi connectivity index (χ2v) is 8.55. The summed E-state index contributed by atoms with van der Waals surface area (Å²) in [7, 11) is -3.72. The quantitative estimate of drug-likeness (QED) is 0.422. The van der Waals surface area contributed by atoms with Crippen molar-refractivity contribution in [3.05, 3.63) is 67.3 Å². The van der Waals surface area contributed by atoms with Crippen LogP contribution in [0.15, 0.2) is 61.7 Å². The van der Waals surface area contributed by atoms with Gasteiger partial charge in [0.25, 0.3) is 0 Å². The lowest BCUT2D eigenvalue weighted by molar-refractivity contribution is 0.173. The van der Waals surface area contributed by atoms with Gasteiger partial charge in [0, 0.05) is 11.8 Å². The average Bonchev–Trinajstić information content (AvgIpc) is 3.42. The Hall–Kier alpha value is -2.93. The van der Waals surface area contributed by atoms with Gasteiger partial charge in [0.05, 0.1) is 13.2 Å². The third-order valence-electron chi connectivity index (χ3n) is 4.45. The predicted molar refractivity (Wildman–Crippen MR) is 111 cm³/mol. The molecule has 4 rings (SSSR count). The van der Waals surface area contributed by atoms with Crippen molar-refractivity contribution in [2.24, 2.45) is 0 Å². The molecule has 158 valence electrons. The Labute approximate surface area is 174 Å². The zero-order valence-corrected chi connectivity index (χ0v) is 17.1. The summed E-state index contributed by atoms with van der Waals surface area (Å²) in [5, 5.41) is 3.26. The molecule has 1 unspecified atom stereocenters. The maximum absolute atomic E-state index is 13.8. The van der Waals surface area contributed by atoms with E-state index in [1.807, 2.05) is 0 Å². The van der Waals surface area contributed by atoms with E-state index in [1.165, 1.54) is 12.2 Å². The molecule has 2 aliphatic heterocycles. The van der Waals surface area contributed by atoms with Crippen LogP contribution in [0.2, 0.25) is 0 Å². The van der Waals surface area contributed by atoms with Crippen LogP contribution in [-0.2, 0) is 13.6 Å². The summed E-state index contributed by atoms with van der Waals surface area (Å²) < 4.78 is 46.8. The van der Waals surface area contributed by atoms with E-state index in [4.69, 9.17) is 28.0 Å². The highest BCUT2D eigenvalue weighted by atomic mass is 31.2. The summed E-state index contributed by atoms with van der Waals surface area (Å²) in [5.41, 5.74) is 1.31. The van der Waals surface area contributed by atoms with Crippen molar-refractivity contribution in [3.8, 4) is 23.0 Å². The molecule has 2 heterocycles. The zero-order chi connectivity index (χ0) is 21.0. The van der Waals surface area contributed by atoms with Crippen molar-refractivity contribution in [1.29, 1.82) is 0 Å².